The van der Waals surface area contributed by atoms with Gasteiger partial charge in [-0.05, 0) is 19.4 Å². The van der Waals surface area contributed by atoms with Gasteiger partial charge in [-0.3, -0.25) is 0 Å². The van der Waals surface area contributed by atoms with Crippen LogP contribution in [0.25, 0.3) is 11.0 Å². The molecule has 0 fully saturated rings. The molecule has 1 aliphatic rings. The molecule has 0 aromatic carbocycles. The minimum absolute atomic E-state index is 0.220. The Balaban J connectivity index is 2.31. The third-order valence-electron chi connectivity index (χ3n) is 3.00. The van der Waals surface area contributed by atoms with Gasteiger partial charge in [0.25, 0.3) is 0 Å². The van der Waals surface area contributed by atoms with Crippen LogP contribution < -0.4 is 0 Å². The van der Waals surface area contributed by atoms with Crippen molar-refractivity contribution in [3.05, 3.63) is 23.5 Å². The highest BCUT2D eigenvalue weighted by Crippen LogP contribution is 2.25. The minimum atomic E-state index is -0.262. The van der Waals surface area contributed by atoms with E-state index in [-0.39, 0.29) is 12.0 Å². The number of carbonyl (C=O) groups is 1. The Hall–Kier alpha value is -1.91. The summed E-state index contributed by atoms with van der Waals surface area (Å²) in [6.45, 7) is 4.51. The average Bonchev–Trinajstić information content (AvgIpc) is 2.72. The largest absolute Gasteiger partial charge is 0.462 e. The molecule has 0 N–H and O–H groups in total. The Morgan fingerprint density at radius 3 is 3.00 bits per heavy atom. The zero-order valence-corrected chi connectivity index (χ0v) is 9.80. The van der Waals surface area contributed by atoms with Gasteiger partial charge in [-0.2, -0.15) is 5.10 Å². The monoisotopic (exact) mass is 231 g/mol. The van der Waals surface area contributed by atoms with Crippen LogP contribution in [0.1, 0.15) is 35.8 Å². The van der Waals surface area contributed by atoms with Crippen LogP contribution in [0.4, 0.5) is 0 Å². The number of rotatable bonds is 1. The molecule has 3 rings (SSSR count). The number of aromatic nitrogens is 3. The van der Waals surface area contributed by atoms with Gasteiger partial charge in [-0.15, -0.1) is 0 Å². The van der Waals surface area contributed by atoms with Gasteiger partial charge in [0.2, 0.25) is 0 Å². The summed E-state index contributed by atoms with van der Waals surface area (Å²) in [6, 6.07) is 0.220. The van der Waals surface area contributed by atoms with Crippen molar-refractivity contribution >= 4 is 17.0 Å². The van der Waals surface area contributed by atoms with Crippen molar-refractivity contribution in [2.24, 2.45) is 0 Å². The van der Waals surface area contributed by atoms with Crippen LogP contribution in [-0.2, 0) is 11.2 Å². The number of carbonyl (C=O) groups excluding carboxylic acids is 1. The van der Waals surface area contributed by atoms with Crippen molar-refractivity contribution in [2.75, 3.05) is 6.61 Å². The summed E-state index contributed by atoms with van der Waals surface area (Å²) in [5, 5.41) is 5.08. The van der Waals surface area contributed by atoms with Crippen molar-refractivity contribution in [3.63, 3.8) is 0 Å². The molecule has 5 nitrogen and oxygen atoms in total. The van der Waals surface area contributed by atoms with Gasteiger partial charge in [0, 0.05) is 18.7 Å². The predicted molar refractivity (Wildman–Crippen MR) is 61.9 cm³/mol. The van der Waals surface area contributed by atoms with Gasteiger partial charge in [0.05, 0.1) is 23.8 Å². The van der Waals surface area contributed by atoms with E-state index in [0.717, 1.165) is 23.0 Å². The fourth-order valence-electron chi connectivity index (χ4n) is 2.17. The molecular formula is C12H13N3O2. The van der Waals surface area contributed by atoms with E-state index < -0.39 is 0 Å². The van der Waals surface area contributed by atoms with E-state index in [0.29, 0.717) is 12.2 Å². The Labute approximate surface area is 98.4 Å². The van der Waals surface area contributed by atoms with Gasteiger partial charge in [-0.25, -0.2) is 14.5 Å². The zero-order chi connectivity index (χ0) is 12.0. The number of ether oxygens (including phenoxy) is 1. The lowest BCUT2D eigenvalue weighted by Gasteiger charge is -2.15. The maximum atomic E-state index is 11.8. The van der Waals surface area contributed by atoms with E-state index in [1.165, 1.54) is 0 Å². The Morgan fingerprint density at radius 1 is 1.41 bits per heavy atom. The number of hydrogen-bond donors (Lipinski definition) is 0. The van der Waals surface area contributed by atoms with Crippen molar-refractivity contribution < 1.29 is 9.53 Å². The fourth-order valence-corrected chi connectivity index (χ4v) is 2.17. The highest BCUT2D eigenvalue weighted by atomic mass is 16.5. The second kappa shape index (κ2) is 3.55. The van der Waals surface area contributed by atoms with Gasteiger partial charge < -0.3 is 4.74 Å². The molecule has 17 heavy (non-hydrogen) atoms. The van der Waals surface area contributed by atoms with Gasteiger partial charge in [0.15, 0.2) is 5.65 Å². The summed E-state index contributed by atoms with van der Waals surface area (Å²) >= 11 is 0. The molecular weight excluding hydrogens is 218 g/mol. The lowest BCUT2D eigenvalue weighted by atomic mass is 10.0. The molecule has 0 amide bonds. The number of fused-ring (bicyclic) bond motifs is 3. The second-order valence-electron chi connectivity index (χ2n) is 4.46. The standard InChI is InChI=1S/C12H13N3O2/c1-7(2)15-11-9(6-14-15)10-8(5-13-11)3-4-17-12(10)16/h5-7H,3-4H2,1-2H3. The highest BCUT2D eigenvalue weighted by molar-refractivity contribution is 6.04. The molecule has 0 spiro atoms. The van der Waals surface area contributed by atoms with Gasteiger partial charge >= 0.3 is 5.97 Å². The Morgan fingerprint density at radius 2 is 2.24 bits per heavy atom. The zero-order valence-electron chi connectivity index (χ0n) is 9.80. The molecule has 0 saturated heterocycles. The normalized spacial score (nSPS) is 15.1. The first-order valence-electron chi connectivity index (χ1n) is 5.70. The number of nitrogens with zero attached hydrogens (tertiary/aromatic N) is 3. The van der Waals surface area contributed by atoms with Gasteiger partial charge in [-0.1, -0.05) is 0 Å². The smallest absolute Gasteiger partial charge is 0.339 e. The molecule has 2 aromatic rings. The summed E-state index contributed by atoms with van der Waals surface area (Å²) in [6.07, 6.45) is 4.20. The average molecular weight is 231 g/mol. The number of hydrogen-bond acceptors (Lipinski definition) is 4. The molecule has 0 radical (unpaired) electrons. The lowest BCUT2D eigenvalue weighted by Crippen LogP contribution is -2.18. The van der Waals surface area contributed by atoms with Crippen molar-refractivity contribution in [1.82, 2.24) is 14.8 Å². The summed E-state index contributed by atoms with van der Waals surface area (Å²) in [4.78, 5) is 16.2. The first kappa shape index (κ1) is 10.3. The molecule has 0 unspecified atom stereocenters. The second-order valence-corrected chi connectivity index (χ2v) is 4.46. The summed E-state index contributed by atoms with van der Waals surface area (Å²) in [7, 11) is 0. The maximum Gasteiger partial charge on any atom is 0.339 e. The predicted octanol–water partition coefficient (Wildman–Crippen LogP) is 1.73. The SMILES string of the molecule is CC(C)n1ncc2c3c(cnc21)CCOC3=O. The first-order chi connectivity index (χ1) is 8.18. The van der Waals surface area contributed by atoms with E-state index >= 15 is 0 Å². The van der Waals surface area contributed by atoms with Crippen LogP contribution in [0.15, 0.2) is 12.4 Å². The van der Waals surface area contributed by atoms with Crippen LogP contribution in [0.5, 0.6) is 0 Å². The maximum absolute atomic E-state index is 11.8. The first-order valence-corrected chi connectivity index (χ1v) is 5.70. The third-order valence-corrected chi connectivity index (χ3v) is 3.00. The molecule has 3 heterocycles. The fraction of sp³-hybridized carbons (Fsp3) is 0.417. The van der Waals surface area contributed by atoms with Crippen LogP contribution in [0.2, 0.25) is 0 Å². The van der Waals surface area contributed by atoms with Crippen molar-refractivity contribution in [2.45, 2.75) is 26.3 Å². The van der Waals surface area contributed by atoms with E-state index in [4.69, 9.17) is 4.74 Å². The lowest BCUT2D eigenvalue weighted by molar-refractivity contribution is 0.0483. The third kappa shape index (κ3) is 1.42. The van der Waals surface area contributed by atoms with Crippen LogP contribution in [0, 0.1) is 0 Å². The molecule has 0 saturated carbocycles. The highest BCUT2D eigenvalue weighted by Gasteiger charge is 2.24. The van der Waals surface area contributed by atoms with Crippen LogP contribution in [-0.4, -0.2) is 27.3 Å². The van der Waals surface area contributed by atoms with E-state index in [1.54, 1.807) is 12.4 Å². The van der Waals surface area contributed by atoms with Crippen LogP contribution >= 0.6 is 0 Å². The van der Waals surface area contributed by atoms with E-state index in [9.17, 15) is 4.79 Å². The topological polar surface area (TPSA) is 57.0 Å². The molecule has 2 aromatic heterocycles. The van der Waals surface area contributed by atoms with Gasteiger partial charge in [0.1, 0.15) is 0 Å². The van der Waals surface area contributed by atoms with Crippen molar-refractivity contribution in [1.29, 1.82) is 0 Å². The Kier molecular flexibility index (Phi) is 2.14. The van der Waals surface area contributed by atoms with Crippen LogP contribution in [0.3, 0.4) is 0 Å². The summed E-state index contributed by atoms with van der Waals surface area (Å²) in [5.41, 5.74) is 2.34. The molecule has 5 heteroatoms. The molecule has 0 aliphatic carbocycles. The molecule has 0 bridgehead atoms. The van der Waals surface area contributed by atoms with E-state index in [1.807, 2.05) is 18.5 Å². The Bertz CT molecular complexity index is 601. The quantitative estimate of drug-likeness (QED) is 0.701. The minimum Gasteiger partial charge on any atom is -0.462 e. The molecule has 0 atom stereocenters. The number of esters is 1. The number of pyridine rings is 1. The summed E-state index contributed by atoms with van der Waals surface area (Å²) in [5.74, 6) is -0.262. The summed E-state index contributed by atoms with van der Waals surface area (Å²) < 4.78 is 6.90. The van der Waals surface area contributed by atoms with E-state index in [2.05, 4.69) is 10.1 Å². The number of cyclic esters (lactones) is 1. The molecule has 1 aliphatic heterocycles. The molecule has 88 valence electrons. The van der Waals surface area contributed by atoms with Crippen molar-refractivity contribution in [3.8, 4) is 0 Å².